The summed E-state index contributed by atoms with van der Waals surface area (Å²) in [4.78, 5) is 12.3. The molecule has 4 nitrogen and oxygen atoms in total. The Kier molecular flexibility index (Phi) is 3.97. The Morgan fingerprint density at radius 3 is 2.72 bits per heavy atom. The van der Waals surface area contributed by atoms with Crippen LogP contribution in [0.25, 0.3) is 0 Å². The number of nitrogens with one attached hydrogen (secondary N) is 2. The molecular weight excluding hydrogens is 228 g/mol. The molecule has 1 heterocycles. The standard InChI is InChI=1S/C14H26N2O2/c1-4-18-10-13(2,3)16-12(17)11-9-14(11)5-7-15-8-6-14/h11,15H,4-10H2,1-3H3,(H,16,17). The number of piperidine rings is 1. The van der Waals surface area contributed by atoms with Gasteiger partial charge in [0.2, 0.25) is 5.91 Å². The van der Waals surface area contributed by atoms with Crippen LogP contribution in [-0.4, -0.2) is 37.7 Å². The summed E-state index contributed by atoms with van der Waals surface area (Å²) in [6.45, 7) is 9.42. The number of ether oxygens (including phenoxy) is 1. The number of carbonyl (C=O) groups is 1. The Balaban J connectivity index is 1.82. The van der Waals surface area contributed by atoms with Crippen molar-refractivity contribution < 1.29 is 9.53 Å². The van der Waals surface area contributed by atoms with Crippen molar-refractivity contribution in [3.63, 3.8) is 0 Å². The van der Waals surface area contributed by atoms with Crippen LogP contribution in [0.15, 0.2) is 0 Å². The first kappa shape index (κ1) is 13.8. The fraction of sp³-hybridized carbons (Fsp3) is 0.929. The Morgan fingerprint density at radius 1 is 1.44 bits per heavy atom. The SMILES string of the molecule is CCOCC(C)(C)NC(=O)C1CC12CCNCC2. The van der Waals surface area contributed by atoms with Crippen molar-refractivity contribution in [2.24, 2.45) is 11.3 Å². The van der Waals surface area contributed by atoms with E-state index >= 15 is 0 Å². The molecule has 0 aromatic heterocycles. The van der Waals surface area contributed by atoms with Crippen LogP contribution < -0.4 is 10.6 Å². The third-order valence-electron chi connectivity index (χ3n) is 4.23. The number of hydrogen-bond acceptors (Lipinski definition) is 3. The molecule has 1 amide bonds. The minimum absolute atomic E-state index is 0.224. The average Bonchev–Trinajstić information content (AvgIpc) is 3.01. The van der Waals surface area contributed by atoms with E-state index in [1.807, 2.05) is 20.8 Å². The molecule has 1 saturated carbocycles. The summed E-state index contributed by atoms with van der Waals surface area (Å²) >= 11 is 0. The Bertz CT molecular complexity index is 309. The first-order valence-electron chi connectivity index (χ1n) is 7.10. The molecule has 1 unspecified atom stereocenters. The van der Waals surface area contributed by atoms with Gasteiger partial charge in [-0.15, -0.1) is 0 Å². The fourth-order valence-corrected chi connectivity index (χ4v) is 3.01. The molecule has 1 atom stereocenters. The molecule has 2 rings (SSSR count). The highest BCUT2D eigenvalue weighted by Crippen LogP contribution is 2.58. The molecule has 1 aliphatic carbocycles. The highest BCUT2D eigenvalue weighted by molar-refractivity contribution is 5.83. The molecule has 104 valence electrons. The van der Waals surface area contributed by atoms with Crippen molar-refractivity contribution in [2.45, 2.75) is 45.6 Å². The van der Waals surface area contributed by atoms with Crippen molar-refractivity contribution in [1.82, 2.24) is 10.6 Å². The van der Waals surface area contributed by atoms with Crippen molar-refractivity contribution >= 4 is 5.91 Å². The molecule has 4 heteroatoms. The summed E-state index contributed by atoms with van der Waals surface area (Å²) in [5, 5.41) is 6.50. The van der Waals surface area contributed by atoms with E-state index in [0.717, 1.165) is 32.4 Å². The lowest BCUT2D eigenvalue weighted by Crippen LogP contribution is -2.48. The largest absolute Gasteiger partial charge is 0.379 e. The molecule has 2 aliphatic rings. The first-order valence-corrected chi connectivity index (χ1v) is 7.10. The van der Waals surface area contributed by atoms with E-state index < -0.39 is 0 Å². The van der Waals surface area contributed by atoms with E-state index in [4.69, 9.17) is 4.74 Å². The van der Waals surface area contributed by atoms with E-state index in [2.05, 4.69) is 10.6 Å². The van der Waals surface area contributed by atoms with Gasteiger partial charge in [-0.25, -0.2) is 0 Å². The van der Waals surface area contributed by atoms with Gasteiger partial charge in [-0.3, -0.25) is 4.79 Å². The number of carbonyl (C=O) groups excluding carboxylic acids is 1. The van der Waals surface area contributed by atoms with Gasteiger partial charge in [0, 0.05) is 12.5 Å². The first-order chi connectivity index (χ1) is 8.49. The fourth-order valence-electron chi connectivity index (χ4n) is 3.01. The van der Waals surface area contributed by atoms with Gasteiger partial charge < -0.3 is 15.4 Å². The number of rotatable bonds is 5. The van der Waals surface area contributed by atoms with Crippen LogP contribution in [0.5, 0.6) is 0 Å². The van der Waals surface area contributed by atoms with E-state index in [1.54, 1.807) is 0 Å². The van der Waals surface area contributed by atoms with Crippen molar-refractivity contribution in [2.75, 3.05) is 26.3 Å². The Labute approximate surface area is 110 Å². The number of amides is 1. The zero-order valence-electron chi connectivity index (χ0n) is 11.8. The van der Waals surface area contributed by atoms with Crippen LogP contribution in [0, 0.1) is 11.3 Å². The smallest absolute Gasteiger partial charge is 0.224 e. The lowest BCUT2D eigenvalue weighted by atomic mass is 9.91. The van der Waals surface area contributed by atoms with Crippen molar-refractivity contribution in [1.29, 1.82) is 0 Å². The molecule has 0 radical (unpaired) electrons. The summed E-state index contributed by atoms with van der Waals surface area (Å²) < 4.78 is 5.41. The molecule has 18 heavy (non-hydrogen) atoms. The van der Waals surface area contributed by atoms with Gasteiger partial charge in [0.25, 0.3) is 0 Å². The Morgan fingerprint density at radius 2 is 2.11 bits per heavy atom. The van der Waals surface area contributed by atoms with Crippen LogP contribution >= 0.6 is 0 Å². The second-order valence-corrected chi connectivity index (χ2v) is 6.38. The van der Waals surface area contributed by atoms with Crippen LogP contribution in [0.1, 0.15) is 40.0 Å². The predicted molar refractivity (Wildman–Crippen MR) is 71.4 cm³/mol. The number of hydrogen-bond donors (Lipinski definition) is 2. The summed E-state index contributed by atoms with van der Waals surface area (Å²) in [6, 6.07) is 0. The lowest BCUT2D eigenvalue weighted by Gasteiger charge is -2.28. The summed E-state index contributed by atoms with van der Waals surface area (Å²) in [5.41, 5.74) is 0.0564. The van der Waals surface area contributed by atoms with Gasteiger partial charge in [0.05, 0.1) is 12.1 Å². The maximum atomic E-state index is 12.3. The molecule has 0 aromatic rings. The van der Waals surface area contributed by atoms with Gasteiger partial charge in [-0.1, -0.05) is 0 Å². The summed E-state index contributed by atoms with van der Waals surface area (Å²) in [5.74, 6) is 0.460. The van der Waals surface area contributed by atoms with Crippen LogP contribution in [-0.2, 0) is 9.53 Å². The molecule has 0 aromatic carbocycles. The van der Waals surface area contributed by atoms with Gasteiger partial charge >= 0.3 is 0 Å². The third kappa shape index (κ3) is 3.04. The van der Waals surface area contributed by atoms with E-state index in [9.17, 15) is 4.79 Å². The van der Waals surface area contributed by atoms with E-state index in [1.165, 1.54) is 0 Å². The highest BCUT2D eigenvalue weighted by atomic mass is 16.5. The van der Waals surface area contributed by atoms with Crippen LogP contribution in [0.3, 0.4) is 0 Å². The molecule has 1 spiro atoms. The zero-order chi connectivity index (χ0) is 13.2. The molecular formula is C14H26N2O2. The molecule has 1 saturated heterocycles. The predicted octanol–water partition coefficient (Wildman–Crippen LogP) is 1.31. The minimum atomic E-state index is -0.260. The molecule has 1 aliphatic heterocycles. The maximum absolute atomic E-state index is 12.3. The lowest BCUT2D eigenvalue weighted by molar-refractivity contribution is -0.125. The van der Waals surface area contributed by atoms with Gasteiger partial charge in [0.15, 0.2) is 0 Å². The maximum Gasteiger partial charge on any atom is 0.224 e. The molecule has 2 N–H and O–H groups in total. The van der Waals surface area contributed by atoms with Crippen LogP contribution in [0.2, 0.25) is 0 Å². The average molecular weight is 254 g/mol. The second kappa shape index (κ2) is 5.17. The zero-order valence-corrected chi connectivity index (χ0v) is 11.8. The van der Waals surface area contributed by atoms with Gasteiger partial charge in [-0.05, 0) is 58.5 Å². The molecule has 2 fully saturated rings. The van der Waals surface area contributed by atoms with Crippen molar-refractivity contribution in [3.8, 4) is 0 Å². The second-order valence-electron chi connectivity index (χ2n) is 6.38. The highest BCUT2D eigenvalue weighted by Gasteiger charge is 2.58. The monoisotopic (exact) mass is 254 g/mol. The normalized spacial score (nSPS) is 26.1. The summed E-state index contributed by atoms with van der Waals surface area (Å²) in [7, 11) is 0. The van der Waals surface area contributed by atoms with E-state index in [-0.39, 0.29) is 17.4 Å². The van der Waals surface area contributed by atoms with Gasteiger partial charge in [-0.2, -0.15) is 0 Å². The third-order valence-corrected chi connectivity index (χ3v) is 4.23. The molecule has 0 bridgehead atoms. The quantitative estimate of drug-likeness (QED) is 0.777. The van der Waals surface area contributed by atoms with E-state index in [0.29, 0.717) is 18.6 Å². The summed E-state index contributed by atoms with van der Waals surface area (Å²) in [6.07, 6.45) is 3.37. The van der Waals surface area contributed by atoms with Crippen LogP contribution in [0.4, 0.5) is 0 Å². The minimum Gasteiger partial charge on any atom is -0.379 e. The van der Waals surface area contributed by atoms with Crippen molar-refractivity contribution in [3.05, 3.63) is 0 Å². The topological polar surface area (TPSA) is 50.4 Å². The van der Waals surface area contributed by atoms with Gasteiger partial charge in [0.1, 0.15) is 0 Å². The Hall–Kier alpha value is -0.610.